The van der Waals surface area contributed by atoms with Gasteiger partial charge in [0.05, 0.1) is 0 Å². The van der Waals surface area contributed by atoms with Gasteiger partial charge in [0.2, 0.25) is 5.91 Å². The van der Waals surface area contributed by atoms with Gasteiger partial charge in [0.25, 0.3) is 0 Å². The van der Waals surface area contributed by atoms with Crippen LogP contribution < -0.4 is 10.2 Å². The molecule has 0 unspecified atom stereocenters. The van der Waals surface area contributed by atoms with Crippen molar-refractivity contribution in [3.8, 4) is 0 Å². The Balaban J connectivity index is 2.09. The number of hydrogen-bond acceptors (Lipinski definition) is 2. The van der Waals surface area contributed by atoms with E-state index in [-0.39, 0.29) is 18.0 Å². The predicted octanol–water partition coefficient (Wildman–Crippen LogP) is 2.01. The summed E-state index contributed by atoms with van der Waals surface area (Å²) in [6, 6.07) is 8.95. The third-order valence-corrected chi connectivity index (χ3v) is 3.62. The monoisotopic (exact) mass is 287 g/mol. The largest absolute Gasteiger partial charge is 0.335 e. The van der Waals surface area contributed by atoms with Crippen molar-refractivity contribution in [1.82, 2.24) is 10.2 Å². The summed E-state index contributed by atoms with van der Waals surface area (Å²) in [5, 5.41) is 2.73. The lowest BCUT2D eigenvalue weighted by molar-refractivity contribution is -0.120. The van der Waals surface area contributed by atoms with Gasteiger partial charge in [-0.2, -0.15) is 0 Å². The number of carbonyl (C=O) groups excluding carboxylic acids is 2. The lowest BCUT2D eigenvalue weighted by Gasteiger charge is -2.27. The molecule has 5 nitrogen and oxygen atoms in total. The molecule has 0 saturated carbocycles. The number of urea groups is 1. The van der Waals surface area contributed by atoms with Gasteiger partial charge in [0, 0.05) is 25.3 Å². The molecule has 1 saturated heterocycles. The Hall–Kier alpha value is -2.30. The maximum atomic E-state index is 12.6. The summed E-state index contributed by atoms with van der Waals surface area (Å²) < 4.78 is 0. The van der Waals surface area contributed by atoms with Crippen molar-refractivity contribution >= 4 is 17.6 Å². The number of hydrogen-bond donors (Lipinski definition) is 1. The number of anilines is 1. The van der Waals surface area contributed by atoms with Crippen molar-refractivity contribution in [2.45, 2.75) is 19.4 Å². The SMILES string of the molecule is C=CCNC(=O)N(CC)[C@@H]1CCN(c2ccccc2)C1=O. The van der Waals surface area contributed by atoms with Crippen LogP contribution in [0.4, 0.5) is 10.5 Å². The number of para-hydroxylation sites is 1. The highest BCUT2D eigenvalue weighted by molar-refractivity contribution is 6.01. The van der Waals surface area contributed by atoms with E-state index in [0.717, 1.165) is 5.69 Å². The summed E-state index contributed by atoms with van der Waals surface area (Å²) in [5.74, 6) is -0.0168. The fourth-order valence-corrected chi connectivity index (χ4v) is 2.58. The standard InChI is InChI=1S/C16H21N3O2/c1-3-11-17-16(21)18(4-2)14-10-12-19(15(14)20)13-8-6-5-7-9-13/h3,5-9,14H,1,4,10-12H2,2H3,(H,17,21)/t14-/m1/s1. The Labute approximate surface area is 125 Å². The molecule has 1 heterocycles. The molecular formula is C16H21N3O2. The summed E-state index contributed by atoms with van der Waals surface area (Å²) in [7, 11) is 0. The third kappa shape index (κ3) is 3.24. The van der Waals surface area contributed by atoms with E-state index >= 15 is 0 Å². The number of rotatable bonds is 5. The van der Waals surface area contributed by atoms with Gasteiger partial charge in [-0.15, -0.1) is 6.58 Å². The molecule has 5 heteroatoms. The van der Waals surface area contributed by atoms with Gasteiger partial charge < -0.3 is 15.1 Å². The molecule has 1 aromatic carbocycles. The molecule has 1 N–H and O–H groups in total. The maximum Gasteiger partial charge on any atom is 0.318 e. The lowest BCUT2D eigenvalue weighted by atomic mass is 10.2. The zero-order chi connectivity index (χ0) is 15.2. The van der Waals surface area contributed by atoms with Crippen molar-refractivity contribution < 1.29 is 9.59 Å². The Morgan fingerprint density at radius 1 is 1.48 bits per heavy atom. The van der Waals surface area contributed by atoms with Crippen LogP contribution in [0, 0.1) is 0 Å². The molecule has 0 radical (unpaired) electrons. The second kappa shape index (κ2) is 6.92. The fourth-order valence-electron chi connectivity index (χ4n) is 2.58. The molecule has 21 heavy (non-hydrogen) atoms. The van der Waals surface area contributed by atoms with Gasteiger partial charge in [-0.3, -0.25) is 4.79 Å². The first-order chi connectivity index (χ1) is 10.2. The van der Waals surface area contributed by atoms with E-state index in [1.807, 2.05) is 37.3 Å². The quantitative estimate of drug-likeness (QED) is 0.842. The van der Waals surface area contributed by atoms with Crippen LogP contribution >= 0.6 is 0 Å². The van der Waals surface area contributed by atoms with Crippen LogP contribution in [0.2, 0.25) is 0 Å². The molecule has 3 amide bonds. The average molecular weight is 287 g/mol. The summed E-state index contributed by atoms with van der Waals surface area (Å²) in [6.45, 7) is 7.00. The zero-order valence-electron chi connectivity index (χ0n) is 12.3. The normalized spacial score (nSPS) is 17.7. The number of nitrogens with zero attached hydrogens (tertiary/aromatic N) is 2. The second-order valence-corrected chi connectivity index (χ2v) is 4.89. The van der Waals surface area contributed by atoms with Gasteiger partial charge in [-0.05, 0) is 25.5 Å². The highest BCUT2D eigenvalue weighted by Gasteiger charge is 2.38. The van der Waals surface area contributed by atoms with Crippen LogP contribution in [0.3, 0.4) is 0 Å². The highest BCUT2D eigenvalue weighted by Crippen LogP contribution is 2.24. The highest BCUT2D eigenvalue weighted by atomic mass is 16.2. The molecule has 2 rings (SSSR count). The third-order valence-electron chi connectivity index (χ3n) is 3.62. The van der Waals surface area contributed by atoms with E-state index in [1.165, 1.54) is 0 Å². The Bertz CT molecular complexity index is 516. The number of benzene rings is 1. The first-order valence-corrected chi connectivity index (χ1v) is 7.20. The van der Waals surface area contributed by atoms with Crippen molar-refractivity contribution in [1.29, 1.82) is 0 Å². The van der Waals surface area contributed by atoms with E-state index in [0.29, 0.717) is 26.1 Å². The fraction of sp³-hybridized carbons (Fsp3) is 0.375. The summed E-state index contributed by atoms with van der Waals surface area (Å²) in [5.41, 5.74) is 0.882. The van der Waals surface area contributed by atoms with Crippen molar-refractivity contribution in [2.24, 2.45) is 0 Å². The summed E-state index contributed by atoms with van der Waals surface area (Å²) >= 11 is 0. The van der Waals surface area contributed by atoms with Crippen LogP contribution in [0.1, 0.15) is 13.3 Å². The van der Waals surface area contributed by atoms with Gasteiger partial charge in [-0.25, -0.2) is 4.79 Å². The van der Waals surface area contributed by atoms with E-state index in [9.17, 15) is 9.59 Å². The van der Waals surface area contributed by atoms with Crippen LogP contribution in [0.15, 0.2) is 43.0 Å². The van der Waals surface area contributed by atoms with Crippen molar-refractivity contribution in [3.05, 3.63) is 43.0 Å². The van der Waals surface area contributed by atoms with Crippen molar-refractivity contribution in [2.75, 3.05) is 24.5 Å². The minimum atomic E-state index is -0.389. The van der Waals surface area contributed by atoms with Crippen LogP contribution in [-0.2, 0) is 4.79 Å². The number of amides is 3. The first kappa shape index (κ1) is 15.1. The molecule has 1 aliphatic heterocycles. The van der Waals surface area contributed by atoms with Crippen LogP contribution in [-0.4, -0.2) is 42.5 Å². The number of carbonyl (C=O) groups is 2. The molecule has 1 aromatic rings. The van der Waals surface area contributed by atoms with E-state index in [4.69, 9.17) is 0 Å². The molecule has 0 spiro atoms. The Kier molecular flexibility index (Phi) is 4.98. The van der Waals surface area contributed by atoms with Gasteiger partial charge in [-0.1, -0.05) is 24.3 Å². The number of nitrogens with one attached hydrogen (secondary N) is 1. The molecule has 1 aliphatic rings. The lowest BCUT2D eigenvalue weighted by Crippen LogP contribution is -2.49. The van der Waals surface area contributed by atoms with Crippen LogP contribution in [0.5, 0.6) is 0 Å². The van der Waals surface area contributed by atoms with E-state index in [1.54, 1.807) is 15.9 Å². The summed E-state index contributed by atoms with van der Waals surface area (Å²) in [4.78, 5) is 28.0. The van der Waals surface area contributed by atoms with Crippen molar-refractivity contribution in [3.63, 3.8) is 0 Å². The zero-order valence-corrected chi connectivity index (χ0v) is 12.3. The molecule has 0 bridgehead atoms. The van der Waals surface area contributed by atoms with Crippen LogP contribution in [0.25, 0.3) is 0 Å². The number of likely N-dealkylation sites (N-methyl/N-ethyl adjacent to an activating group) is 1. The molecular weight excluding hydrogens is 266 g/mol. The second-order valence-electron chi connectivity index (χ2n) is 4.89. The molecule has 0 aliphatic carbocycles. The molecule has 1 fully saturated rings. The first-order valence-electron chi connectivity index (χ1n) is 7.20. The average Bonchev–Trinajstić information content (AvgIpc) is 2.89. The van der Waals surface area contributed by atoms with E-state index in [2.05, 4.69) is 11.9 Å². The minimum absolute atomic E-state index is 0.0168. The maximum absolute atomic E-state index is 12.6. The van der Waals surface area contributed by atoms with Gasteiger partial charge in [0.1, 0.15) is 6.04 Å². The smallest absolute Gasteiger partial charge is 0.318 e. The molecule has 112 valence electrons. The molecule has 0 aromatic heterocycles. The predicted molar refractivity (Wildman–Crippen MR) is 83.2 cm³/mol. The Morgan fingerprint density at radius 3 is 2.81 bits per heavy atom. The topological polar surface area (TPSA) is 52.7 Å². The Morgan fingerprint density at radius 2 is 2.19 bits per heavy atom. The van der Waals surface area contributed by atoms with Gasteiger partial charge in [0.15, 0.2) is 0 Å². The van der Waals surface area contributed by atoms with E-state index < -0.39 is 0 Å². The minimum Gasteiger partial charge on any atom is -0.335 e. The molecule has 1 atom stereocenters. The van der Waals surface area contributed by atoms with Gasteiger partial charge >= 0.3 is 6.03 Å². The summed E-state index contributed by atoms with van der Waals surface area (Å²) in [6.07, 6.45) is 2.28.